The smallest absolute Gasteiger partial charge is 0.249 e. The number of hydrogen-bond acceptors (Lipinski definition) is 8. The lowest BCUT2D eigenvalue weighted by atomic mass is 9.99. The first-order chi connectivity index (χ1) is 20.4. The molecule has 12 heteroatoms. The molecule has 0 saturated carbocycles. The molecule has 4 aromatic rings. The maximum absolute atomic E-state index is 14.4. The van der Waals surface area contributed by atoms with Crippen LogP contribution < -0.4 is 19.7 Å². The molecule has 3 aromatic carbocycles. The molecule has 0 spiro atoms. The van der Waals surface area contributed by atoms with Crippen LogP contribution in [0.3, 0.4) is 0 Å². The third-order valence-corrected chi connectivity index (χ3v) is 7.32. The Labute approximate surface area is 240 Å². The Morgan fingerprint density at radius 3 is 2.60 bits per heavy atom. The molecule has 1 N–H and O–H groups in total. The van der Waals surface area contributed by atoms with Crippen molar-refractivity contribution in [1.82, 2.24) is 20.3 Å². The molecule has 216 valence electrons. The second-order valence-electron chi connectivity index (χ2n) is 10.1. The van der Waals surface area contributed by atoms with Gasteiger partial charge in [0.1, 0.15) is 23.9 Å². The number of carbonyl (C=O) groups is 3. The number of benzene rings is 3. The molecule has 2 amide bonds. The third-order valence-electron chi connectivity index (χ3n) is 7.32. The number of amides is 2. The summed E-state index contributed by atoms with van der Waals surface area (Å²) in [6.45, 7) is 1.84. The van der Waals surface area contributed by atoms with E-state index < -0.39 is 23.7 Å². The maximum atomic E-state index is 14.4. The van der Waals surface area contributed by atoms with Crippen molar-refractivity contribution >= 4 is 34.3 Å². The van der Waals surface area contributed by atoms with E-state index in [1.165, 1.54) is 52.9 Å². The van der Waals surface area contributed by atoms with E-state index in [0.29, 0.717) is 34.7 Å². The topological polar surface area (TPSA) is 125 Å². The minimum absolute atomic E-state index is 0.0573. The van der Waals surface area contributed by atoms with E-state index >= 15 is 0 Å². The number of nitrogens with zero attached hydrogens (tertiary/aromatic N) is 4. The fourth-order valence-corrected chi connectivity index (χ4v) is 5.25. The second kappa shape index (κ2) is 11.6. The zero-order valence-electron chi connectivity index (χ0n) is 22.8. The fraction of sp³-hybridized carbons (Fsp3) is 0.300. The summed E-state index contributed by atoms with van der Waals surface area (Å²) >= 11 is 0. The number of aromatic nitrogens is 3. The van der Waals surface area contributed by atoms with Crippen LogP contribution in [0.2, 0.25) is 0 Å². The number of halogens is 1. The Bertz CT molecular complexity index is 1650. The number of carbonyl (C=O) groups excluding carboxylic acids is 3. The Morgan fingerprint density at radius 2 is 1.86 bits per heavy atom. The van der Waals surface area contributed by atoms with Crippen LogP contribution in [0.15, 0.2) is 60.7 Å². The molecule has 0 radical (unpaired) electrons. The summed E-state index contributed by atoms with van der Waals surface area (Å²) < 4.78 is 32.2. The standard InChI is InChI=1S/C30H28FN5O6/c1-18(37)22-13-26-27(42-17-41-26)14-25(22)36(28(38)16-35-24-7-3-2-6-23(24)33-34-35)29(19-8-10-20(31)11-9-19)30(39)32-15-21-5-4-12-40-21/h2-3,6-11,13-14,21,29H,4-5,12,15-17H2,1H3,(H,32,39). The molecule has 3 heterocycles. The minimum Gasteiger partial charge on any atom is -0.454 e. The van der Waals surface area contributed by atoms with E-state index in [1.54, 1.807) is 18.2 Å². The van der Waals surface area contributed by atoms with Crippen LogP contribution in [-0.2, 0) is 20.9 Å². The first kappa shape index (κ1) is 27.3. The third kappa shape index (κ3) is 5.40. The summed E-state index contributed by atoms with van der Waals surface area (Å²) in [6.07, 6.45) is 1.52. The van der Waals surface area contributed by atoms with E-state index in [2.05, 4.69) is 15.6 Å². The Morgan fingerprint density at radius 1 is 1.10 bits per heavy atom. The molecule has 11 nitrogen and oxygen atoms in total. The molecule has 2 unspecified atom stereocenters. The predicted octanol–water partition coefficient (Wildman–Crippen LogP) is 3.57. The van der Waals surface area contributed by atoms with Crippen LogP contribution in [0, 0.1) is 5.82 Å². The van der Waals surface area contributed by atoms with Crippen molar-refractivity contribution in [3.8, 4) is 11.5 Å². The van der Waals surface area contributed by atoms with Gasteiger partial charge in [0.2, 0.25) is 18.6 Å². The van der Waals surface area contributed by atoms with Gasteiger partial charge < -0.3 is 19.5 Å². The number of fused-ring (bicyclic) bond motifs is 2. The summed E-state index contributed by atoms with van der Waals surface area (Å²) in [4.78, 5) is 42.5. The first-order valence-corrected chi connectivity index (χ1v) is 13.6. The molecule has 1 fully saturated rings. The van der Waals surface area contributed by atoms with Gasteiger partial charge in [-0.05, 0) is 55.7 Å². The molecule has 1 saturated heterocycles. The average molecular weight is 574 g/mol. The van der Waals surface area contributed by atoms with Crippen molar-refractivity contribution in [2.45, 2.75) is 38.5 Å². The Balaban J connectivity index is 1.47. The fourth-order valence-electron chi connectivity index (χ4n) is 5.25. The number of hydrogen-bond donors (Lipinski definition) is 1. The van der Waals surface area contributed by atoms with Gasteiger partial charge in [-0.3, -0.25) is 19.3 Å². The molecule has 0 bridgehead atoms. The summed E-state index contributed by atoms with van der Waals surface area (Å²) in [5.41, 5.74) is 1.83. The van der Waals surface area contributed by atoms with Crippen LogP contribution in [0.1, 0.15) is 41.7 Å². The number of nitrogens with one attached hydrogen (secondary N) is 1. The van der Waals surface area contributed by atoms with Crippen LogP contribution >= 0.6 is 0 Å². The largest absolute Gasteiger partial charge is 0.454 e. The Hall–Kier alpha value is -4.84. The molecule has 2 aliphatic rings. The van der Waals surface area contributed by atoms with Crippen molar-refractivity contribution in [3.05, 3.63) is 77.6 Å². The highest BCUT2D eigenvalue weighted by Gasteiger charge is 2.37. The van der Waals surface area contributed by atoms with Crippen LogP contribution in [-0.4, -0.2) is 58.6 Å². The van der Waals surface area contributed by atoms with Crippen LogP contribution in [0.5, 0.6) is 11.5 Å². The first-order valence-electron chi connectivity index (χ1n) is 13.6. The Kier molecular flexibility index (Phi) is 7.53. The average Bonchev–Trinajstić information content (AvgIpc) is 3.76. The van der Waals surface area contributed by atoms with Crippen molar-refractivity contribution in [2.75, 3.05) is 24.8 Å². The summed E-state index contributed by atoms with van der Waals surface area (Å²) in [5.74, 6) is -1.28. The normalized spacial score (nSPS) is 16.4. The highest BCUT2D eigenvalue weighted by atomic mass is 19.1. The molecule has 42 heavy (non-hydrogen) atoms. The van der Waals surface area contributed by atoms with Crippen LogP contribution in [0.4, 0.5) is 10.1 Å². The summed E-state index contributed by atoms with van der Waals surface area (Å²) in [7, 11) is 0. The van der Waals surface area contributed by atoms with Crippen LogP contribution in [0.25, 0.3) is 11.0 Å². The number of Topliss-reactive ketones (excluding diaryl/α,β-unsaturated/α-hetero) is 1. The lowest BCUT2D eigenvalue weighted by molar-refractivity contribution is -0.127. The van der Waals surface area contributed by atoms with E-state index in [0.717, 1.165) is 12.8 Å². The van der Waals surface area contributed by atoms with Gasteiger partial charge in [0.05, 0.1) is 17.3 Å². The van der Waals surface area contributed by atoms with E-state index in [4.69, 9.17) is 14.2 Å². The molecular formula is C30H28FN5O6. The summed E-state index contributed by atoms with van der Waals surface area (Å²) in [6, 6.07) is 14.2. The molecule has 1 aromatic heterocycles. The van der Waals surface area contributed by atoms with E-state index in [1.807, 2.05) is 6.07 Å². The number of para-hydroxylation sites is 1. The SMILES string of the molecule is CC(=O)c1cc2c(cc1N(C(=O)Cn1nnc3ccccc31)C(C(=O)NCC1CCCO1)c1ccc(F)cc1)OCO2. The molecule has 2 aliphatic heterocycles. The zero-order chi connectivity index (χ0) is 29.2. The number of ether oxygens (including phenoxy) is 3. The highest BCUT2D eigenvalue weighted by molar-refractivity contribution is 6.08. The number of rotatable bonds is 9. The molecule has 6 rings (SSSR count). The second-order valence-corrected chi connectivity index (χ2v) is 10.1. The van der Waals surface area contributed by atoms with Gasteiger partial charge in [0, 0.05) is 24.8 Å². The van der Waals surface area contributed by atoms with Gasteiger partial charge in [-0.1, -0.05) is 29.5 Å². The zero-order valence-corrected chi connectivity index (χ0v) is 22.8. The van der Waals surface area contributed by atoms with E-state index in [-0.39, 0.29) is 43.0 Å². The quantitative estimate of drug-likeness (QED) is 0.302. The van der Waals surface area contributed by atoms with Gasteiger partial charge in [-0.15, -0.1) is 5.10 Å². The number of ketones is 1. The van der Waals surface area contributed by atoms with Gasteiger partial charge in [0.15, 0.2) is 17.3 Å². The van der Waals surface area contributed by atoms with Crippen molar-refractivity contribution < 1.29 is 33.0 Å². The lowest BCUT2D eigenvalue weighted by Gasteiger charge is -2.33. The monoisotopic (exact) mass is 573 g/mol. The van der Waals surface area contributed by atoms with Gasteiger partial charge in [-0.25, -0.2) is 9.07 Å². The number of anilines is 1. The highest BCUT2D eigenvalue weighted by Crippen LogP contribution is 2.41. The van der Waals surface area contributed by atoms with Gasteiger partial charge in [0.25, 0.3) is 0 Å². The maximum Gasteiger partial charge on any atom is 0.249 e. The minimum atomic E-state index is -1.28. The lowest BCUT2D eigenvalue weighted by Crippen LogP contribution is -2.47. The van der Waals surface area contributed by atoms with Crippen molar-refractivity contribution in [1.29, 1.82) is 0 Å². The molecule has 2 atom stereocenters. The van der Waals surface area contributed by atoms with Gasteiger partial charge in [-0.2, -0.15) is 0 Å². The summed E-state index contributed by atoms with van der Waals surface area (Å²) in [5, 5.41) is 11.2. The molecule has 0 aliphatic carbocycles. The van der Waals surface area contributed by atoms with Crippen molar-refractivity contribution in [3.63, 3.8) is 0 Å². The van der Waals surface area contributed by atoms with Crippen molar-refractivity contribution in [2.24, 2.45) is 0 Å². The van der Waals surface area contributed by atoms with Gasteiger partial charge >= 0.3 is 0 Å². The predicted molar refractivity (Wildman–Crippen MR) is 149 cm³/mol. The van der Waals surface area contributed by atoms with E-state index in [9.17, 15) is 18.8 Å². The molecular weight excluding hydrogens is 545 g/mol.